The summed E-state index contributed by atoms with van der Waals surface area (Å²) in [6.45, 7) is 3.93. The minimum atomic E-state index is 0.0696. The van der Waals surface area contributed by atoms with Crippen LogP contribution in [-0.4, -0.2) is 34.0 Å². The predicted molar refractivity (Wildman–Crippen MR) is 61.6 cm³/mol. The zero-order valence-corrected chi connectivity index (χ0v) is 9.62. The lowest BCUT2D eigenvalue weighted by atomic mass is 10.1. The van der Waals surface area contributed by atoms with Gasteiger partial charge < -0.3 is 4.98 Å². The normalized spacial score (nSPS) is 21.6. The Bertz CT molecular complexity index is 462. The van der Waals surface area contributed by atoms with Crippen LogP contribution < -0.4 is 5.56 Å². The van der Waals surface area contributed by atoms with Gasteiger partial charge in [0.05, 0.1) is 5.69 Å². The number of nitrogens with zero attached hydrogens (tertiary/aromatic N) is 2. The Labute approximate surface area is 94.7 Å². The fourth-order valence-electron chi connectivity index (χ4n) is 2.55. The van der Waals surface area contributed by atoms with Crippen LogP contribution in [0.4, 0.5) is 0 Å². The van der Waals surface area contributed by atoms with Crippen LogP contribution in [0.3, 0.4) is 0 Å². The number of fused-ring (bicyclic) bond motifs is 1. The Morgan fingerprint density at radius 2 is 2.06 bits per heavy atom. The van der Waals surface area contributed by atoms with E-state index in [9.17, 15) is 4.79 Å². The van der Waals surface area contributed by atoms with Gasteiger partial charge in [0.1, 0.15) is 5.82 Å². The SMILES string of the molecule is Cc1nc2c(c(=O)[nH]1)CCN(C1CC1)CC2. The lowest BCUT2D eigenvalue weighted by Gasteiger charge is -2.18. The molecular formula is C12H17N3O. The van der Waals surface area contributed by atoms with Gasteiger partial charge in [-0.05, 0) is 26.2 Å². The second-order valence-corrected chi connectivity index (χ2v) is 4.84. The molecule has 1 fully saturated rings. The molecular weight excluding hydrogens is 202 g/mol. The van der Waals surface area contributed by atoms with Crippen LogP contribution in [0.2, 0.25) is 0 Å². The number of H-pyrrole nitrogens is 1. The zero-order chi connectivity index (χ0) is 11.1. The van der Waals surface area contributed by atoms with Gasteiger partial charge in [-0.1, -0.05) is 0 Å². The Kier molecular flexibility index (Phi) is 2.32. The van der Waals surface area contributed by atoms with Crippen molar-refractivity contribution in [2.24, 2.45) is 0 Å². The summed E-state index contributed by atoms with van der Waals surface area (Å²) in [6.07, 6.45) is 4.45. The first-order chi connectivity index (χ1) is 7.74. The number of hydrogen-bond acceptors (Lipinski definition) is 3. The summed E-state index contributed by atoms with van der Waals surface area (Å²) in [5, 5.41) is 0. The molecule has 16 heavy (non-hydrogen) atoms. The third-order valence-corrected chi connectivity index (χ3v) is 3.57. The Hall–Kier alpha value is -1.16. The monoisotopic (exact) mass is 219 g/mol. The standard InChI is InChI=1S/C12H17N3O/c1-8-13-11-5-7-15(9-2-3-9)6-4-10(11)12(16)14-8/h9H,2-7H2,1H3,(H,13,14,16). The Morgan fingerprint density at radius 1 is 1.31 bits per heavy atom. The molecule has 0 bridgehead atoms. The van der Waals surface area contributed by atoms with Crippen LogP contribution in [0.25, 0.3) is 0 Å². The summed E-state index contributed by atoms with van der Waals surface area (Å²) in [5.74, 6) is 0.739. The van der Waals surface area contributed by atoms with Crippen LogP contribution in [0.1, 0.15) is 29.9 Å². The summed E-state index contributed by atoms with van der Waals surface area (Å²) < 4.78 is 0. The van der Waals surface area contributed by atoms with E-state index in [0.717, 1.165) is 49.1 Å². The fourth-order valence-corrected chi connectivity index (χ4v) is 2.55. The van der Waals surface area contributed by atoms with Crippen LogP contribution in [0.15, 0.2) is 4.79 Å². The maximum Gasteiger partial charge on any atom is 0.254 e. The highest BCUT2D eigenvalue weighted by molar-refractivity contribution is 5.20. The molecule has 1 aliphatic heterocycles. The highest BCUT2D eigenvalue weighted by Gasteiger charge is 2.30. The van der Waals surface area contributed by atoms with Crippen molar-refractivity contribution >= 4 is 0 Å². The number of rotatable bonds is 1. The van der Waals surface area contributed by atoms with Crippen LogP contribution in [0, 0.1) is 6.92 Å². The van der Waals surface area contributed by atoms with Crippen LogP contribution >= 0.6 is 0 Å². The second-order valence-electron chi connectivity index (χ2n) is 4.84. The molecule has 0 aromatic carbocycles. The highest BCUT2D eigenvalue weighted by Crippen LogP contribution is 2.28. The van der Waals surface area contributed by atoms with Crippen LogP contribution in [0.5, 0.6) is 0 Å². The maximum atomic E-state index is 11.8. The number of aryl methyl sites for hydroxylation is 1. The molecule has 0 unspecified atom stereocenters. The number of aromatic amines is 1. The van der Waals surface area contributed by atoms with E-state index in [1.807, 2.05) is 6.92 Å². The topological polar surface area (TPSA) is 49.0 Å². The molecule has 0 spiro atoms. The third kappa shape index (κ3) is 1.78. The van der Waals surface area contributed by atoms with Crippen molar-refractivity contribution in [2.75, 3.05) is 13.1 Å². The van der Waals surface area contributed by atoms with E-state index in [1.165, 1.54) is 12.8 Å². The van der Waals surface area contributed by atoms with Crippen molar-refractivity contribution in [3.8, 4) is 0 Å². The van der Waals surface area contributed by atoms with Crippen molar-refractivity contribution in [3.05, 3.63) is 27.4 Å². The highest BCUT2D eigenvalue weighted by atomic mass is 16.1. The number of hydrogen-bond donors (Lipinski definition) is 1. The molecule has 4 heteroatoms. The van der Waals surface area contributed by atoms with Crippen LogP contribution in [-0.2, 0) is 12.8 Å². The molecule has 1 aliphatic carbocycles. The molecule has 0 saturated heterocycles. The van der Waals surface area contributed by atoms with E-state index in [1.54, 1.807) is 0 Å². The molecule has 86 valence electrons. The Balaban J connectivity index is 1.90. The van der Waals surface area contributed by atoms with Crippen molar-refractivity contribution in [2.45, 2.75) is 38.6 Å². The van der Waals surface area contributed by atoms with Gasteiger partial charge in [-0.3, -0.25) is 9.69 Å². The van der Waals surface area contributed by atoms with Gasteiger partial charge in [0.15, 0.2) is 0 Å². The maximum absolute atomic E-state index is 11.8. The van der Waals surface area contributed by atoms with Gasteiger partial charge in [-0.25, -0.2) is 4.98 Å². The minimum Gasteiger partial charge on any atom is -0.311 e. The van der Waals surface area contributed by atoms with E-state index in [4.69, 9.17) is 0 Å². The first-order valence-corrected chi connectivity index (χ1v) is 6.07. The molecule has 2 heterocycles. The Morgan fingerprint density at radius 3 is 2.81 bits per heavy atom. The fraction of sp³-hybridized carbons (Fsp3) is 0.667. The summed E-state index contributed by atoms with van der Waals surface area (Å²) >= 11 is 0. The van der Waals surface area contributed by atoms with E-state index in [0.29, 0.717) is 0 Å². The molecule has 4 nitrogen and oxygen atoms in total. The second kappa shape index (κ2) is 3.70. The summed E-state index contributed by atoms with van der Waals surface area (Å²) in [5.41, 5.74) is 2.00. The molecule has 1 aromatic rings. The largest absolute Gasteiger partial charge is 0.311 e. The average molecular weight is 219 g/mol. The van der Waals surface area contributed by atoms with Crippen molar-refractivity contribution in [1.82, 2.24) is 14.9 Å². The van der Waals surface area contributed by atoms with Gasteiger partial charge in [0, 0.05) is 31.1 Å². The quantitative estimate of drug-likeness (QED) is 0.754. The number of aromatic nitrogens is 2. The summed E-state index contributed by atoms with van der Waals surface area (Å²) in [4.78, 5) is 21.6. The van der Waals surface area contributed by atoms with Gasteiger partial charge in [-0.15, -0.1) is 0 Å². The van der Waals surface area contributed by atoms with Crippen molar-refractivity contribution < 1.29 is 0 Å². The molecule has 1 saturated carbocycles. The number of nitrogens with one attached hydrogen (secondary N) is 1. The molecule has 0 radical (unpaired) electrons. The molecule has 3 rings (SSSR count). The smallest absolute Gasteiger partial charge is 0.254 e. The zero-order valence-electron chi connectivity index (χ0n) is 9.62. The predicted octanol–water partition coefficient (Wildman–Crippen LogP) is 0.641. The van der Waals surface area contributed by atoms with Gasteiger partial charge in [-0.2, -0.15) is 0 Å². The van der Waals surface area contributed by atoms with Crippen molar-refractivity contribution in [1.29, 1.82) is 0 Å². The lowest BCUT2D eigenvalue weighted by Crippen LogP contribution is -2.28. The first-order valence-electron chi connectivity index (χ1n) is 6.07. The third-order valence-electron chi connectivity index (χ3n) is 3.57. The minimum absolute atomic E-state index is 0.0696. The van der Waals surface area contributed by atoms with Gasteiger partial charge >= 0.3 is 0 Å². The lowest BCUT2D eigenvalue weighted by molar-refractivity contribution is 0.276. The first kappa shape index (κ1) is 10.0. The van der Waals surface area contributed by atoms with E-state index >= 15 is 0 Å². The molecule has 0 atom stereocenters. The van der Waals surface area contributed by atoms with E-state index in [2.05, 4.69) is 14.9 Å². The summed E-state index contributed by atoms with van der Waals surface area (Å²) in [7, 11) is 0. The summed E-state index contributed by atoms with van der Waals surface area (Å²) in [6, 6.07) is 0.787. The molecule has 0 amide bonds. The average Bonchev–Trinajstić information content (AvgIpc) is 3.00. The van der Waals surface area contributed by atoms with Crippen molar-refractivity contribution in [3.63, 3.8) is 0 Å². The van der Waals surface area contributed by atoms with Gasteiger partial charge in [0.25, 0.3) is 5.56 Å². The molecule has 1 N–H and O–H groups in total. The van der Waals surface area contributed by atoms with E-state index in [-0.39, 0.29) is 5.56 Å². The molecule has 1 aromatic heterocycles. The molecule has 2 aliphatic rings. The van der Waals surface area contributed by atoms with E-state index < -0.39 is 0 Å². The van der Waals surface area contributed by atoms with Gasteiger partial charge in [0.2, 0.25) is 0 Å².